The van der Waals surface area contributed by atoms with Gasteiger partial charge in [0, 0.05) is 15.6 Å². The van der Waals surface area contributed by atoms with Crippen molar-refractivity contribution in [1.29, 1.82) is 0 Å². The monoisotopic (exact) mass is 1340 g/mol. The van der Waals surface area contributed by atoms with E-state index in [4.69, 9.17) is 18.6 Å². The zero-order chi connectivity index (χ0) is 69.8. The molecule has 498 valence electrons. The highest BCUT2D eigenvalue weighted by Gasteiger charge is 2.12. The summed E-state index contributed by atoms with van der Waals surface area (Å²) in [6.07, 6.45) is 0. The second-order valence-corrected chi connectivity index (χ2v) is 26.4. The van der Waals surface area contributed by atoms with Crippen LogP contribution in [0.15, 0.2) is 348 Å². The second-order valence-electron chi connectivity index (χ2n) is 24.5. The standard InChI is InChI=1S/C15H12.C13H10O.C13H12O.C13H12.2C11H10.C8H8O2.2C5H6S/c1-11-10-12-6-2-3-8-14(12)15-9-5-4-7-13(11)15;1-9-5-4-7-11-10-6-2-3-8-12(10)14-13(9)11;1-11-7-9-13(10-8-11)14-12-5-3-2-4-6-12;1-11-7-9-13(10-8-11)12-5-3-2-4-6-12;1-9-5-4-7-10-6-2-3-8-11(9)10;1-9-6-7-10-4-2-3-5-11(10)8-9;1-6-2-3-7-8(4-6)10-5-9-7;1-5-2-3-6-4-5;1-5-3-2-4-6-5/h2-10H,1H3;2-8H,1H3;2-10H,1H3;2-10H,1H3;2*2-8H,1H3;2-4H,5H2,1H3;2*2-4H,1H3. The lowest BCUT2D eigenvalue weighted by Gasteiger charge is -2.06. The van der Waals surface area contributed by atoms with Crippen LogP contribution in [0.2, 0.25) is 0 Å². The average Bonchev–Trinajstić information content (AvgIpc) is 1.34. The fourth-order valence-electron chi connectivity index (χ4n) is 11.1. The lowest BCUT2D eigenvalue weighted by molar-refractivity contribution is 0.174. The molecule has 0 saturated carbocycles. The smallest absolute Gasteiger partial charge is 0.231 e. The largest absolute Gasteiger partial charge is 0.457 e. The zero-order valence-electron chi connectivity index (χ0n) is 58.6. The van der Waals surface area contributed by atoms with Crippen molar-refractivity contribution in [3.05, 3.63) is 393 Å². The van der Waals surface area contributed by atoms with Gasteiger partial charge in [-0.2, -0.15) is 11.3 Å². The van der Waals surface area contributed by atoms with E-state index in [-0.39, 0.29) is 0 Å². The van der Waals surface area contributed by atoms with Gasteiger partial charge in [-0.25, -0.2) is 0 Å². The predicted octanol–water partition coefficient (Wildman–Crippen LogP) is 27.8. The van der Waals surface area contributed by atoms with Crippen molar-refractivity contribution in [3.63, 3.8) is 0 Å². The normalized spacial score (nSPS) is 10.6. The minimum absolute atomic E-state index is 0.360. The number of rotatable bonds is 3. The van der Waals surface area contributed by atoms with Gasteiger partial charge in [-0.3, -0.25) is 0 Å². The van der Waals surface area contributed by atoms with Gasteiger partial charge < -0.3 is 18.6 Å². The lowest BCUT2D eigenvalue weighted by Crippen LogP contribution is -1.92. The molecule has 1 aliphatic heterocycles. The maximum Gasteiger partial charge on any atom is 0.231 e. The van der Waals surface area contributed by atoms with E-state index in [1.54, 1.807) is 22.7 Å². The van der Waals surface area contributed by atoms with Crippen LogP contribution in [0.4, 0.5) is 0 Å². The number of hydrogen-bond donors (Lipinski definition) is 0. The van der Waals surface area contributed by atoms with Gasteiger partial charge in [-0.05, 0) is 215 Å². The number of thiophene rings is 2. The van der Waals surface area contributed by atoms with Crippen molar-refractivity contribution >= 4 is 87.7 Å². The Morgan fingerprint density at radius 3 is 1.46 bits per heavy atom. The Morgan fingerprint density at radius 2 is 0.810 bits per heavy atom. The molecular formula is C94H86O4S2. The Labute approximate surface area is 598 Å². The Hall–Kier alpha value is -11.3. The molecule has 0 radical (unpaired) electrons. The SMILES string of the molecule is Cc1cc2ccccc2c2ccccc12.Cc1ccc(-c2ccccc2)cc1.Cc1ccc(Oc2ccccc2)cc1.Cc1ccc2c(c1)OCO2.Cc1ccc2ccccc2c1.Cc1cccc2c1oc1ccccc12.Cc1cccc2ccccc12.Cc1cccs1.Cc1ccsc1. The number of fused-ring (bicyclic) bond motifs is 9. The van der Waals surface area contributed by atoms with Crippen molar-refractivity contribution in [2.45, 2.75) is 62.3 Å². The summed E-state index contributed by atoms with van der Waals surface area (Å²) in [7, 11) is 0. The van der Waals surface area contributed by atoms with Gasteiger partial charge in [0.1, 0.15) is 22.7 Å². The quantitative estimate of drug-likeness (QED) is 0.165. The Kier molecular flexibility index (Phi) is 26.4. The van der Waals surface area contributed by atoms with Crippen LogP contribution < -0.4 is 14.2 Å². The highest BCUT2D eigenvalue weighted by Crippen LogP contribution is 2.33. The van der Waals surface area contributed by atoms with E-state index in [1.807, 2.05) is 104 Å². The number of ether oxygens (including phenoxy) is 3. The van der Waals surface area contributed by atoms with Crippen molar-refractivity contribution < 1.29 is 18.6 Å². The van der Waals surface area contributed by atoms with E-state index in [9.17, 15) is 0 Å². The van der Waals surface area contributed by atoms with E-state index in [0.29, 0.717) is 6.79 Å². The first kappa shape index (κ1) is 71.5. The zero-order valence-corrected chi connectivity index (χ0v) is 60.2. The Morgan fingerprint density at radius 1 is 0.290 bits per heavy atom. The summed E-state index contributed by atoms with van der Waals surface area (Å²) in [5.74, 6) is 3.46. The third kappa shape index (κ3) is 21.1. The summed E-state index contributed by atoms with van der Waals surface area (Å²) < 4.78 is 21.7. The predicted molar refractivity (Wildman–Crippen MR) is 432 cm³/mol. The Balaban J connectivity index is 0.000000123. The van der Waals surface area contributed by atoms with E-state index in [1.165, 1.54) is 114 Å². The van der Waals surface area contributed by atoms with Gasteiger partial charge in [0.15, 0.2) is 11.5 Å². The Bertz CT molecular complexity index is 5230. The van der Waals surface area contributed by atoms with Gasteiger partial charge in [-0.15, -0.1) is 11.3 Å². The van der Waals surface area contributed by atoms with E-state index >= 15 is 0 Å². The van der Waals surface area contributed by atoms with Crippen LogP contribution in [-0.4, -0.2) is 6.79 Å². The highest BCUT2D eigenvalue weighted by atomic mass is 32.1. The number of para-hydroxylation sites is 3. The van der Waals surface area contributed by atoms with Crippen LogP contribution >= 0.6 is 22.7 Å². The molecule has 0 amide bonds. The summed E-state index contributed by atoms with van der Waals surface area (Å²) >= 11 is 3.52. The van der Waals surface area contributed by atoms with E-state index in [0.717, 1.165) is 34.2 Å². The van der Waals surface area contributed by atoms with Crippen LogP contribution in [-0.2, 0) is 0 Å². The molecular weight excluding hydrogens is 1260 g/mol. The first-order valence-corrected chi connectivity index (χ1v) is 35.5. The summed E-state index contributed by atoms with van der Waals surface area (Å²) in [6, 6.07) is 113. The molecule has 0 bridgehead atoms. The maximum absolute atomic E-state index is 5.78. The van der Waals surface area contributed by atoms with E-state index in [2.05, 4.69) is 302 Å². The molecule has 100 heavy (non-hydrogen) atoms. The molecule has 4 heterocycles. The third-order valence-electron chi connectivity index (χ3n) is 16.5. The minimum Gasteiger partial charge on any atom is -0.457 e. The molecule has 18 rings (SSSR count). The molecule has 0 N–H and O–H groups in total. The van der Waals surface area contributed by atoms with Crippen LogP contribution in [0.25, 0.3) is 76.2 Å². The molecule has 0 aliphatic carbocycles. The molecule has 0 atom stereocenters. The van der Waals surface area contributed by atoms with Gasteiger partial charge >= 0.3 is 0 Å². The average molecular weight is 1340 g/mol. The summed E-state index contributed by atoms with van der Waals surface area (Å²) in [5, 5.41) is 19.4. The molecule has 0 unspecified atom stereocenters. The molecule has 6 heteroatoms. The van der Waals surface area contributed by atoms with Crippen molar-refractivity contribution in [2.75, 3.05) is 6.79 Å². The molecule has 14 aromatic carbocycles. The third-order valence-corrected chi connectivity index (χ3v) is 18.1. The van der Waals surface area contributed by atoms with Crippen molar-refractivity contribution in [3.8, 4) is 34.1 Å². The van der Waals surface area contributed by atoms with Gasteiger partial charge in [0.2, 0.25) is 6.79 Å². The topological polar surface area (TPSA) is 40.8 Å². The van der Waals surface area contributed by atoms with E-state index < -0.39 is 0 Å². The van der Waals surface area contributed by atoms with Gasteiger partial charge in [0.05, 0.1) is 0 Å². The van der Waals surface area contributed by atoms with Crippen LogP contribution in [0.5, 0.6) is 23.0 Å². The van der Waals surface area contributed by atoms with Crippen molar-refractivity contribution in [2.24, 2.45) is 0 Å². The summed E-state index contributed by atoms with van der Waals surface area (Å²) in [4.78, 5) is 1.38. The fourth-order valence-corrected chi connectivity index (χ4v) is 12.3. The first-order chi connectivity index (χ1) is 48.8. The number of aryl methyl sites for hydroxylation is 9. The molecule has 1 aliphatic rings. The maximum atomic E-state index is 5.78. The molecule has 4 nitrogen and oxygen atoms in total. The number of benzene rings is 14. The molecule has 0 fully saturated rings. The van der Waals surface area contributed by atoms with Crippen LogP contribution in [0, 0.1) is 62.3 Å². The summed E-state index contributed by atoms with van der Waals surface area (Å²) in [5.41, 5.74) is 14.9. The highest BCUT2D eigenvalue weighted by molar-refractivity contribution is 7.09. The van der Waals surface area contributed by atoms with Gasteiger partial charge in [-0.1, -0.05) is 290 Å². The first-order valence-electron chi connectivity index (χ1n) is 33.7. The van der Waals surface area contributed by atoms with Crippen LogP contribution in [0.3, 0.4) is 0 Å². The number of furan rings is 1. The minimum atomic E-state index is 0.360. The molecule has 0 saturated heterocycles. The van der Waals surface area contributed by atoms with Crippen LogP contribution in [0.1, 0.15) is 49.4 Å². The molecule has 17 aromatic rings. The molecule has 3 aromatic heterocycles. The second kappa shape index (κ2) is 36.9. The van der Waals surface area contributed by atoms with Crippen molar-refractivity contribution in [1.82, 2.24) is 0 Å². The number of hydrogen-bond acceptors (Lipinski definition) is 6. The fraction of sp³-hybridized carbons (Fsp3) is 0.106. The van der Waals surface area contributed by atoms with Gasteiger partial charge in [0.25, 0.3) is 0 Å². The summed E-state index contributed by atoms with van der Waals surface area (Å²) in [6.45, 7) is 19.3. The lowest BCUT2D eigenvalue weighted by atomic mass is 9.98. The molecule has 0 spiro atoms.